The van der Waals surface area contributed by atoms with E-state index in [1.807, 2.05) is 67.9 Å². The molecule has 37 heavy (non-hydrogen) atoms. The van der Waals surface area contributed by atoms with E-state index in [0.29, 0.717) is 39.5 Å². The van der Waals surface area contributed by atoms with Gasteiger partial charge in [0.05, 0.1) is 49.3 Å². The van der Waals surface area contributed by atoms with Gasteiger partial charge in [0.1, 0.15) is 17.2 Å². The Labute approximate surface area is 219 Å². The summed E-state index contributed by atoms with van der Waals surface area (Å²) in [5.74, 6) is 1.67. The molecule has 0 aliphatic heterocycles. The van der Waals surface area contributed by atoms with E-state index in [-0.39, 0.29) is 0 Å². The van der Waals surface area contributed by atoms with Gasteiger partial charge in [0.25, 0.3) is 0 Å². The van der Waals surface area contributed by atoms with Crippen molar-refractivity contribution in [3.63, 3.8) is 0 Å². The smallest absolute Gasteiger partial charge is 0.407 e. The lowest BCUT2D eigenvalue weighted by Gasteiger charge is -2.19. The van der Waals surface area contributed by atoms with E-state index in [2.05, 4.69) is 10.6 Å². The largest absolute Gasteiger partial charge is 0.497 e. The number of carbonyl (C=O) groups excluding carboxylic acids is 1. The molecule has 2 aromatic heterocycles. The number of carbonyl (C=O) groups is 1. The van der Waals surface area contributed by atoms with Gasteiger partial charge in [0.2, 0.25) is 5.13 Å². The lowest BCUT2D eigenvalue weighted by molar-refractivity contribution is 0.0415. The van der Waals surface area contributed by atoms with Crippen molar-refractivity contribution in [3.8, 4) is 10.9 Å². The highest BCUT2D eigenvalue weighted by Gasteiger charge is 2.17. The van der Waals surface area contributed by atoms with Crippen molar-refractivity contribution in [2.75, 3.05) is 51.9 Å². The first-order chi connectivity index (χ1) is 17.8. The Hall–Kier alpha value is -3.41. The van der Waals surface area contributed by atoms with E-state index >= 15 is 0 Å². The molecule has 10 nitrogen and oxygen atoms in total. The molecule has 0 saturated carbocycles. The third kappa shape index (κ3) is 7.31. The van der Waals surface area contributed by atoms with Crippen LogP contribution in [-0.4, -0.2) is 73.1 Å². The summed E-state index contributed by atoms with van der Waals surface area (Å²) >= 11 is 1.56. The second-order valence-corrected chi connectivity index (χ2v) is 10.2. The summed E-state index contributed by atoms with van der Waals surface area (Å²) in [4.78, 5) is 16.4. The number of thiazole rings is 1. The third-order valence-corrected chi connectivity index (χ3v) is 6.16. The van der Waals surface area contributed by atoms with Crippen LogP contribution < -0.4 is 15.4 Å². The molecule has 4 aromatic rings. The van der Waals surface area contributed by atoms with E-state index in [0.717, 1.165) is 37.8 Å². The molecule has 0 spiro atoms. The van der Waals surface area contributed by atoms with Crippen LogP contribution in [0.25, 0.3) is 26.3 Å². The predicted octanol–water partition coefficient (Wildman–Crippen LogP) is 4.61. The van der Waals surface area contributed by atoms with Crippen LogP contribution in [0.2, 0.25) is 0 Å². The summed E-state index contributed by atoms with van der Waals surface area (Å²) in [6, 6.07) is 13.8. The lowest BCUT2D eigenvalue weighted by atomic mass is 10.2. The van der Waals surface area contributed by atoms with Crippen LogP contribution in [0.15, 0.2) is 42.5 Å². The molecule has 0 aliphatic carbocycles. The number of benzene rings is 2. The zero-order valence-electron chi connectivity index (χ0n) is 21.6. The molecule has 0 saturated heterocycles. The van der Waals surface area contributed by atoms with Gasteiger partial charge in [-0.2, -0.15) is 9.78 Å². The fraction of sp³-hybridized carbons (Fsp3) is 0.423. The van der Waals surface area contributed by atoms with Crippen molar-refractivity contribution in [3.05, 3.63) is 42.5 Å². The molecular formula is C26H33N5O5S. The minimum Gasteiger partial charge on any atom is -0.497 e. The van der Waals surface area contributed by atoms with Crippen molar-refractivity contribution in [1.82, 2.24) is 20.1 Å². The van der Waals surface area contributed by atoms with E-state index < -0.39 is 11.7 Å². The molecule has 0 unspecified atom stereocenters. The lowest BCUT2D eigenvalue weighted by Crippen LogP contribution is -2.34. The summed E-state index contributed by atoms with van der Waals surface area (Å²) < 4.78 is 24.6. The highest BCUT2D eigenvalue weighted by atomic mass is 32.1. The zero-order chi connectivity index (χ0) is 26.3. The summed E-state index contributed by atoms with van der Waals surface area (Å²) in [6.07, 6.45) is -0.448. The number of hydrogen-bond acceptors (Lipinski definition) is 9. The van der Waals surface area contributed by atoms with Gasteiger partial charge in [-0.15, -0.1) is 0 Å². The summed E-state index contributed by atoms with van der Waals surface area (Å²) in [7, 11) is 1.66. The van der Waals surface area contributed by atoms with Crippen molar-refractivity contribution in [2.24, 2.45) is 0 Å². The van der Waals surface area contributed by atoms with Gasteiger partial charge in [0.15, 0.2) is 0 Å². The van der Waals surface area contributed by atoms with Crippen LogP contribution in [0, 0.1) is 0 Å². The van der Waals surface area contributed by atoms with Gasteiger partial charge < -0.3 is 29.6 Å². The molecule has 11 heteroatoms. The normalized spacial score (nSPS) is 11.7. The number of ether oxygens (including phenoxy) is 4. The Morgan fingerprint density at radius 3 is 2.51 bits per heavy atom. The Morgan fingerprint density at radius 1 is 1.00 bits per heavy atom. The van der Waals surface area contributed by atoms with Gasteiger partial charge in [0, 0.05) is 18.5 Å². The van der Waals surface area contributed by atoms with Gasteiger partial charge in [-0.3, -0.25) is 0 Å². The van der Waals surface area contributed by atoms with Gasteiger partial charge in [-0.05, 0) is 51.1 Å². The number of fused-ring (bicyclic) bond motifs is 2. The van der Waals surface area contributed by atoms with Gasteiger partial charge in [-0.1, -0.05) is 23.5 Å². The summed E-state index contributed by atoms with van der Waals surface area (Å²) in [5.41, 5.74) is 1.27. The zero-order valence-corrected chi connectivity index (χ0v) is 22.4. The van der Waals surface area contributed by atoms with Crippen molar-refractivity contribution >= 4 is 44.4 Å². The monoisotopic (exact) mass is 527 g/mol. The predicted molar refractivity (Wildman–Crippen MR) is 145 cm³/mol. The Bertz CT molecular complexity index is 1330. The second-order valence-electron chi connectivity index (χ2n) is 9.19. The topological polar surface area (TPSA) is 109 Å². The van der Waals surface area contributed by atoms with E-state index in [9.17, 15) is 4.79 Å². The molecule has 2 N–H and O–H groups in total. The fourth-order valence-electron chi connectivity index (χ4n) is 3.55. The molecule has 198 valence electrons. The molecule has 0 fully saturated rings. The van der Waals surface area contributed by atoms with Crippen LogP contribution in [0.5, 0.6) is 5.75 Å². The van der Waals surface area contributed by atoms with Crippen LogP contribution in [0.1, 0.15) is 20.8 Å². The van der Waals surface area contributed by atoms with Gasteiger partial charge in [-0.25, -0.2) is 9.78 Å². The Kier molecular flexibility index (Phi) is 8.80. The number of methoxy groups -OCH3 is 1. The maximum atomic E-state index is 11.6. The molecule has 0 aliphatic rings. The fourth-order valence-corrected chi connectivity index (χ4v) is 4.51. The second kappa shape index (κ2) is 12.2. The summed E-state index contributed by atoms with van der Waals surface area (Å²) in [5, 5.41) is 12.7. The Morgan fingerprint density at radius 2 is 1.76 bits per heavy atom. The number of aromatic nitrogens is 3. The summed E-state index contributed by atoms with van der Waals surface area (Å²) in [6.45, 7) is 8.22. The first-order valence-corrected chi connectivity index (χ1v) is 12.9. The maximum absolute atomic E-state index is 11.6. The standard InChI is InChI=1S/C26H33N5O5S/c1-26(2,3)36-25(32)28-12-14-35-16-15-34-13-11-27-23-19-7-5-6-8-20(19)30-31(23)24-29-21-10-9-18(33-4)17-22(21)37-24/h5-10,17,27H,11-16H2,1-4H3,(H,28,32). The molecule has 0 bridgehead atoms. The number of nitrogens with one attached hydrogen (secondary N) is 2. The number of amides is 1. The van der Waals surface area contributed by atoms with Crippen molar-refractivity contribution in [1.29, 1.82) is 0 Å². The number of nitrogens with zero attached hydrogens (tertiary/aromatic N) is 3. The number of alkyl carbamates (subject to hydrolysis) is 1. The quantitative estimate of drug-likeness (QED) is 0.257. The van der Waals surface area contributed by atoms with E-state index in [1.165, 1.54) is 0 Å². The first kappa shape index (κ1) is 26.6. The number of hydrogen-bond donors (Lipinski definition) is 2. The Balaban J connectivity index is 1.26. The number of anilines is 1. The minimum absolute atomic E-state index is 0.381. The molecule has 0 atom stereocenters. The van der Waals surface area contributed by atoms with Crippen molar-refractivity contribution < 1.29 is 23.7 Å². The van der Waals surface area contributed by atoms with Crippen LogP contribution in [0.3, 0.4) is 0 Å². The first-order valence-electron chi connectivity index (χ1n) is 12.1. The average molecular weight is 528 g/mol. The maximum Gasteiger partial charge on any atom is 0.407 e. The van der Waals surface area contributed by atoms with Gasteiger partial charge >= 0.3 is 6.09 Å². The molecule has 2 heterocycles. The average Bonchev–Trinajstić information content (AvgIpc) is 3.45. The SMILES string of the molecule is COc1ccc2nc(-n3nc4ccccc4c3NCCOCCOCCNC(=O)OC(C)(C)C)sc2c1. The molecular weight excluding hydrogens is 494 g/mol. The molecule has 0 radical (unpaired) electrons. The minimum atomic E-state index is -0.515. The van der Waals surface area contributed by atoms with E-state index in [1.54, 1.807) is 18.4 Å². The van der Waals surface area contributed by atoms with Crippen LogP contribution in [-0.2, 0) is 14.2 Å². The number of rotatable bonds is 12. The van der Waals surface area contributed by atoms with Crippen LogP contribution in [0.4, 0.5) is 10.6 Å². The highest BCUT2D eigenvalue weighted by molar-refractivity contribution is 7.20. The van der Waals surface area contributed by atoms with Crippen molar-refractivity contribution in [2.45, 2.75) is 26.4 Å². The highest BCUT2D eigenvalue weighted by Crippen LogP contribution is 2.32. The van der Waals surface area contributed by atoms with E-state index in [4.69, 9.17) is 29.0 Å². The molecule has 1 amide bonds. The third-order valence-electron chi connectivity index (χ3n) is 5.17. The molecule has 2 aromatic carbocycles. The molecule has 4 rings (SSSR count). The van der Waals surface area contributed by atoms with Crippen LogP contribution >= 0.6 is 11.3 Å².